The van der Waals surface area contributed by atoms with Gasteiger partial charge in [0.05, 0.1) is 7.11 Å². The lowest BCUT2D eigenvalue weighted by atomic mass is 10.3. The molecule has 0 bridgehead atoms. The molecule has 1 aromatic rings. The van der Waals surface area contributed by atoms with E-state index in [2.05, 4.69) is 26.0 Å². The Morgan fingerprint density at radius 2 is 1.95 bits per heavy atom. The first-order valence-electron chi connectivity index (χ1n) is 6.29. The van der Waals surface area contributed by atoms with Crippen LogP contribution in [0.5, 0.6) is 5.75 Å². The minimum atomic E-state index is -0.589. The Hall–Kier alpha value is -1.56. The average Bonchev–Trinajstić information content (AvgIpc) is 2.45. The Morgan fingerprint density at radius 3 is 2.55 bits per heavy atom. The molecule has 5 nitrogen and oxygen atoms in total. The van der Waals surface area contributed by atoms with Crippen molar-refractivity contribution in [2.24, 2.45) is 0 Å². The average molecular weight is 344 g/mol. The van der Waals surface area contributed by atoms with E-state index in [1.165, 1.54) is 7.11 Å². The van der Waals surface area contributed by atoms with Crippen molar-refractivity contribution >= 4 is 27.8 Å². The predicted molar refractivity (Wildman–Crippen MR) is 78.5 cm³/mol. The zero-order valence-electron chi connectivity index (χ0n) is 11.5. The van der Waals surface area contributed by atoms with Crippen molar-refractivity contribution in [3.8, 4) is 5.75 Å². The van der Waals surface area contributed by atoms with Gasteiger partial charge in [0.25, 0.3) is 5.91 Å². The van der Waals surface area contributed by atoms with Crippen LogP contribution in [0.15, 0.2) is 28.7 Å². The van der Waals surface area contributed by atoms with Crippen LogP contribution in [0.3, 0.4) is 0 Å². The monoisotopic (exact) mass is 343 g/mol. The Bertz CT molecular complexity index is 447. The molecule has 0 radical (unpaired) electrons. The molecule has 0 aliphatic heterocycles. The third-order valence-electron chi connectivity index (χ3n) is 2.58. The first-order chi connectivity index (χ1) is 9.52. The number of hydrogen-bond donors (Lipinski definition) is 1. The zero-order valence-corrected chi connectivity index (χ0v) is 13.1. The van der Waals surface area contributed by atoms with Crippen molar-refractivity contribution in [1.82, 2.24) is 5.32 Å². The number of esters is 1. The lowest BCUT2D eigenvalue weighted by Crippen LogP contribution is -2.36. The van der Waals surface area contributed by atoms with E-state index in [4.69, 9.17) is 4.74 Å². The van der Waals surface area contributed by atoms with E-state index in [9.17, 15) is 9.59 Å². The maximum atomic E-state index is 11.8. The Balaban J connectivity index is 2.28. The number of amides is 1. The highest BCUT2D eigenvalue weighted by Gasteiger charge is 2.14. The van der Waals surface area contributed by atoms with Gasteiger partial charge in [-0.2, -0.15) is 0 Å². The fraction of sp³-hybridized carbons (Fsp3) is 0.429. The van der Waals surface area contributed by atoms with Gasteiger partial charge in [-0.3, -0.25) is 9.59 Å². The van der Waals surface area contributed by atoms with Gasteiger partial charge in [-0.15, -0.1) is 0 Å². The summed E-state index contributed by atoms with van der Waals surface area (Å²) < 4.78 is 11.0. The van der Waals surface area contributed by atoms with E-state index in [1.807, 2.05) is 12.1 Å². The summed E-state index contributed by atoms with van der Waals surface area (Å²) in [5.74, 6) is 0.140. The zero-order chi connectivity index (χ0) is 15.0. The van der Waals surface area contributed by atoms with E-state index < -0.39 is 6.10 Å². The molecule has 0 fully saturated rings. The SMILES string of the molecule is COC(=O)CCCNC(=O)C(C)Oc1ccc(Br)cc1. The first-order valence-corrected chi connectivity index (χ1v) is 7.09. The first kappa shape index (κ1) is 16.5. The van der Waals surface area contributed by atoms with Crippen LogP contribution in [0.4, 0.5) is 0 Å². The van der Waals surface area contributed by atoms with Gasteiger partial charge in [-0.25, -0.2) is 0 Å². The van der Waals surface area contributed by atoms with Crippen LogP contribution in [-0.2, 0) is 14.3 Å². The summed E-state index contributed by atoms with van der Waals surface area (Å²) in [6, 6.07) is 7.25. The third-order valence-corrected chi connectivity index (χ3v) is 3.11. The predicted octanol–water partition coefficient (Wildman–Crippen LogP) is 2.29. The molecule has 0 saturated heterocycles. The molecule has 1 rings (SSSR count). The molecule has 1 amide bonds. The van der Waals surface area contributed by atoms with Crippen molar-refractivity contribution < 1.29 is 19.1 Å². The van der Waals surface area contributed by atoms with Crippen molar-refractivity contribution in [3.63, 3.8) is 0 Å². The standard InChI is InChI=1S/C14H18BrNO4/c1-10(20-12-7-5-11(15)6-8-12)14(18)16-9-3-4-13(17)19-2/h5-8,10H,3-4,9H2,1-2H3,(H,16,18). The van der Waals surface area contributed by atoms with E-state index in [-0.39, 0.29) is 11.9 Å². The van der Waals surface area contributed by atoms with Crippen molar-refractivity contribution in [2.75, 3.05) is 13.7 Å². The topological polar surface area (TPSA) is 64.6 Å². The second-order valence-corrected chi connectivity index (χ2v) is 5.10. The van der Waals surface area contributed by atoms with Crippen molar-refractivity contribution in [3.05, 3.63) is 28.7 Å². The number of carbonyl (C=O) groups excluding carboxylic acids is 2. The van der Waals surface area contributed by atoms with Crippen LogP contribution >= 0.6 is 15.9 Å². The molecule has 1 unspecified atom stereocenters. The van der Waals surface area contributed by atoms with E-state index >= 15 is 0 Å². The maximum Gasteiger partial charge on any atom is 0.305 e. The van der Waals surface area contributed by atoms with Crippen molar-refractivity contribution in [2.45, 2.75) is 25.9 Å². The van der Waals surface area contributed by atoms with Gasteiger partial charge >= 0.3 is 5.97 Å². The van der Waals surface area contributed by atoms with E-state index in [0.29, 0.717) is 25.1 Å². The molecule has 20 heavy (non-hydrogen) atoms. The highest BCUT2D eigenvalue weighted by atomic mass is 79.9. The molecule has 1 atom stereocenters. The summed E-state index contributed by atoms with van der Waals surface area (Å²) in [7, 11) is 1.34. The fourth-order valence-electron chi connectivity index (χ4n) is 1.46. The maximum absolute atomic E-state index is 11.8. The third kappa shape index (κ3) is 6.06. The molecule has 0 heterocycles. The van der Waals surface area contributed by atoms with Gasteiger partial charge in [0, 0.05) is 17.4 Å². The number of ether oxygens (including phenoxy) is 2. The number of rotatable bonds is 7. The highest BCUT2D eigenvalue weighted by molar-refractivity contribution is 9.10. The quantitative estimate of drug-likeness (QED) is 0.609. The number of hydrogen-bond acceptors (Lipinski definition) is 4. The number of benzene rings is 1. The van der Waals surface area contributed by atoms with Crippen LogP contribution in [0, 0.1) is 0 Å². The number of methoxy groups -OCH3 is 1. The van der Waals surface area contributed by atoms with Crippen LogP contribution in [0.2, 0.25) is 0 Å². The second-order valence-electron chi connectivity index (χ2n) is 4.18. The van der Waals surface area contributed by atoms with E-state index in [0.717, 1.165) is 4.47 Å². The van der Waals surface area contributed by atoms with Crippen LogP contribution in [0.1, 0.15) is 19.8 Å². The number of halogens is 1. The largest absolute Gasteiger partial charge is 0.481 e. The summed E-state index contributed by atoms with van der Waals surface area (Å²) >= 11 is 3.33. The second kappa shape index (κ2) is 8.58. The normalized spacial score (nSPS) is 11.6. The molecular weight excluding hydrogens is 326 g/mol. The molecule has 1 N–H and O–H groups in total. The highest BCUT2D eigenvalue weighted by Crippen LogP contribution is 2.17. The molecule has 0 saturated carbocycles. The molecule has 0 spiro atoms. The van der Waals surface area contributed by atoms with Crippen LogP contribution < -0.4 is 10.1 Å². The summed E-state index contributed by atoms with van der Waals surface area (Å²) in [4.78, 5) is 22.7. The summed E-state index contributed by atoms with van der Waals surface area (Å²) in [6.45, 7) is 2.10. The smallest absolute Gasteiger partial charge is 0.305 e. The molecule has 0 aliphatic carbocycles. The summed E-state index contributed by atoms with van der Waals surface area (Å²) in [6.07, 6.45) is 0.247. The van der Waals surface area contributed by atoms with Crippen LogP contribution in [0.25, 0.3) is 0 Å². The van der Waals surface area contributed by atoms with Gasteiger partial charge in [0.15, 0.2) is 6.10 Å². The van der Waals surface area contributed by atoms with Crippen molar-refractivity contribution in [1.29, 1.82) is 0 Å². The molecule has 6 heteroatoms. The molecule has 0 aliphatic rings. The minimum absolute atomic E-state index is 0.210. The van der Waals surface area contributed by atoms with Gasteiger partial charge in [-0.05, 0) is 37.6 Å². The Morgan fingerprint density at radius 1 is 1.30 bits per heavy atom. The Labute approximate surface area is 126 Å². The summed E-state index contributed by atoms with van der Waals surface area (Å²) in [5, 5.41) is 2.71. The minimum Gasteiger partial charge on any atom is -0.481 e. The number of carbonyl (C=O) groups is 2. The summed E-state index contributed by atoms with van der Waals surface area (Å²) in [5.41, 5.74) is 0. The van der Waals surface area contributed by atoms with Gasteiger partial charge in [0.2, 0.25) is 0 Å². The molecule has 110 valence electrons. The molecule has 1 aromatic carbocycles. The van der Waals surface area contributed by atoms with E-state index in [1.54, 1.807) is 19.1 Å². The lowest BCUT2D eigenvalue weighted by Gasteiger charge is -2.14. The van der Waals surface area contributed by atoms with Gasteiger partial charge in [-0.1, -0.05) is 15.9 Å². The van der Waals surface area contributed by atoms with Gasteiger partial charge in [0.1, 0.15) is 5.75 Å². The number of nitrogens with one attached hydrogen (secondary N) is 1. The van der Waals surface area contributed by atoms with Gasteiger partial charge < -0.3 is 14.8 Å². The molecule has 0 aromatic heterocycles. The molecular formula is C14H18BrNO4. The fourth-order valence-corrected chi connectivity index (χ4v) is 1.73. The van der Waals surface area contributed by atoms with Crippen LogP contribution in [-0.4, -0.2) is 31.6 Å². The lowest BCUT2D eigenvalue weighted by molar-refractivity contribution is -0.140. The Kier molecular flexibility index (Phi) is 7.08.